The first-order valence-corrected chi connectivity index (χ1v) is 12.1. The van der Waals surface area contributed by atoms with E-state index in [1.54, 1.807) is 14.1 Å². The Morgan fingerprint density at radius 3 is 2.19 bits per heavy atom. The predicted molar refractivity (Wildman–Crippen MR) is 111 cm³/mol. The quantitative estimate of drug-likeness (QED) is 0.136. The first-order chi connectivity index (χ1) is 14.3. The normalized spacial score (nSPS) is 12.9. The fourth-order valence-corrected chi connectivity index (χ4v) is 3.54. The number of hydrogen-bond donors (Lipinski definition) is 6. The number of benzene rings is 1. The topological polar surface area (TPSA) is 224 Å². The summed E-state index contributed by atoms with van der Waals surface area (Å²) in [5, 5.41) is 5.25. The summed E-state index contributed by atoms with van der Waals surface area (Å²) in [6, 6.07) is 2.37. The standard InChI is InChI=1S/C13H19N7O8S3/c1-20(2)13-18-11(14-5-6-15-29(21)22)17-12(19-13)16-9-7-8(30(23,24)25)3-4-10(9)31(26,27)28/h3-4,7,15H,5-6H2,1-2H3,(H,21,22)(H,23,24,25)(H,26,27,28)(H2,14,16,17,18,19). The molecule has 1 unspecified atom stereocenters. The number of nitrogens with one attached hydrogen (secondary N) is 3. The summed E-state index contributed by atoms with van der Waals surface area (Å²) in [5.74, 6) is -0.0959. The van der Waals surface area contributed by atoms with Crippen LogP contribution < -0.4 is 20.3 Å². The molecule has 0 aliphatic carbocycles. The zero-order chi connectivity index (χ0) is 23.4. The maximum Gasteiger partial charge on any atom is 0.296 e. The van der Waals surface area contributed by atoms with Gasteiger partial charge in [-0.1, -0.05) is 0 Å². The maximum atomic E-state index is 11.7. The third-order valence-electron chi connectivity index (χ3n) is 3.43. The molecule has 0 amide bonds. The van der Waals surface area contributed by atoms with Gasteiger partial charge in [-0.15, -0.1) is 0 Å². The molecule has 0 spiro atoms. The minimum absolute atomic E-state index is 0.00561. The number of aromatic nitrogens is 3. The summed E-state index contributed by atoms with van der Waals surface area (Å²) in [6.07, 6.45) is 0. The van der Waals surface area contributed by atoms with E-state index in [2.05, 4.69) is 30.3 Å². The Bertz CT molecular complexity index is 1190. The highest BCUT2D eigenvalue weighted by molar-refractivity contribution is 7.86. The van der Waals surface area contributed by atoms with Crippen molar-refractivity contribution in [3.8, 4) is 0 Å². The molecule has 0 aliphatic rings. The van der Waals surface area contributed by atoms with Crippen LogP contribution >= 0.6 is 0 Å². The summed E-state index contributed by atoms with van der Waals surface area (Å²) in [4.78, 5) is 12.4. The third-order valence-corrected chi connectivity index (χ3v) is 5.64. The van der Waals surface area contributed by atoms with Crippen LogP contribution in [0.4, 0.5) is 23.5 Å². The molecule has 2 aromatic rings. The van der Waals surface area contributed by atoms with Gasteiger partial charge in [0.15, 0.2) is 0 Å². The minimum atomic E-state index is -4.78. The van der Waals surface area contributed by atoms with Gasteiger partial charge in [-0.25, -0.2) is 8.93 Å². The van der Waals surface area contributed by atoms with Crippen molar-refractivity contribution in [2.45, 2.75) is 9.79 Å². The lowest BCUT2D eigenvalue weighted by Crippen LogP contribution is -2.25. The van der Waals surface area contributed by atoms with Gasteiger partial charge in [0.1, 0.15) is 4.90 Å². The first-order valence-electron chi connectivity index (χ1n) is 8.15. The molecule has 1 aromatic heterocycles. The second kappa shape index (κ2) is 9.77. The number of hydrogen-bond acceptors (Lipinski definition) is 11. The summed E-state index contributed by atoms with van der Waals surface area (Å²) in [6.45, 7) is 0.218. The second-order valence-electron chi connectivity index (χ2n) is 5.98. The highest BCUT2D eigenvalue weighted by Gasteiger charge is 2.21. The summed E-state index contributed by atoms with van der Waals surface area (Å²) >= 11 is -2.20. The largest absolute Gasteiger partial charge is 0.353 e. The van der Waals surface area contributed by atoms with Crippen molar-refractivity contribution >= 4 is 55.0 Å². The van der Waals surface area contributed by atoms with Gasteiger partial charge in [-0.2, -0.15) is 31.8 Å². The lowest BCUT2D eigenvalue weighted by Gasteiger charge is -2.15. The molecule has 0 bridgehead atoms. The Hall–Kier alpha value is -2.48. The Kier molecular flexibility index (Phi) is 7.81. The summed E-state index contributed by atoms with van der Waals surface area (Å²) < 4.78 is 86.3. The average Bonchev–Trinajstić information content (AvgIpc) is 2.63. The molecule has 2 rings (SSSR count). The van der Waals surface area contributed by atoms with Crippen LogP contribution in [0.3, 0.4) is 0 Å². The highest BCUT2D eigenvalue weighted by atomic mass is 32.2. The van der Waals surface area contributed by atoms with Crippen LogP contribution in [0, 0.1) is 0 Å². The molecule has 1 heterocycles. The van der Waals surface area contributed by atoms with Crippen LogP contribution in [-0.4, -0.2) is 76.8 Å². The summed E-state index contributed by atoms with van der Waals surface area (Å²) in [7, 11) is -6.22. The van der Waals surface area contributed by atoms with Crippen LogP contribution in [0.2, 0.25) is 0 Å². The molecule has 0 fully saturated rings. The molecule has 18 heteroatoms. The van der Waals surface area contributed by atoms with Gasteiger partial charge >= 0.3 is 0 Å². The predicted octanol–water partition coefficient (Wildman–Crippen LogP) is -0.687. The Labute approximate surface area is 180 Å². The van der Waals surface area contributed by atoms with E-state index in [-0.39, 0.29) is 30.9 Å². The van der Waals surface area contributed by atoms with Crippen molar-refractivity contribution in [2.24, 2.45) is 0 Å². The summed E-state index contributed by atoms with van der Waals surface area (Å²) in [5.41, 5.74) is -0.420. The number of rotatable bonds is 10. The molecule has 0 saturated heterocycles. The van der Waals surface area contributed by atoms with Gasteiger partial charge in [0.05, 0.1) is 10.6 Å². The van der Waals surface area contributed by atoms with Crippen molar-refractivity contribution in [1.29, 1.82) is 0 Å². The van der Waals surface area contributed by atoms with E-state index in [0.29, 0.717) is 0 Å². The molecule has 31 heavy (non-hydrogen) atoms. The Balaban J connectivity index is 2.45. The van der Waals surface area contributed by atoms with E-state index in [1.807, 2.05) is 0 Å². The van der Waals surface area contributed by atoms with E-state index in [1.165, 1.54) is 4.90 Å². The molecule has 0 saturated carbocycles. The Morgan fingerprint density at radius 1 is 1.00 bits per heavy atom. The van der Waals surface area contributed by atoms with Crippen LogP contribution in [0.25, 0.3) is 0 Å². The zero-order valence-electron chi connectivity index (χ0n) is 16.0. The van der Waals surface area contributed by atoms with Crippen molar-refractivity contribution < 1.29 is 34.7 Å². The number of anilines is 4. The van der Waals surface area contributed by atoms with Crippen molar-refractivity contribution in [2.75, 3.05) is 42.7 Å². The highest BCUT2D eigenvalue weighted by Crippen LogP contribution is 2.27. The van der Waals surface area contributed by atoms with Gasteiger partial charge in [-0.3, -0.25) is 13.7 Å². The monoisotopic (exact) mass is 497 g/mol. The lowest BCUT2D eigenvalue weighted by atomic mass is 10.3. The maximum absolute atomic E-state index is 11.7. The fourth-order valence-electron chi connectivity index (χ4n) is 2.12. The molecular formula is C13H19N7O8S3. The van der Waals surface area contributed by atoms with Crippen LogP contribution in [0.5, 0.6) is 0 Å². The molecular weight excluding hydrogens is 478 g/mol. The molecule has 172 valence electrons. The second-order valence-corrected chi connectivity index (χ2v) is 9.58. The molecule has 6 N–H and O–H groups in total. The van der Waals surface area contributed by atoms with Crippen molar-refractivity contribution in [3.63, 3.8) is 0 Å². The van der Waals surface area contributed by atoms with E-state index in [0.717, 1.165) is 18.2 Å². The van der Waals surface area contributed by atoms with Gasteiger partial charge in [0.2, 0.25) is 29.1 Å². The third kappa shape index (κ3) is 7.31. The lowest BCUT2D eigenvalue weighted by molar-refractivity contribution is 0.479. The van der Waals surface area contributed by atoms with Crippen LogP contribution in [0.1, 0.15) is 0 Å². The van der Waals surface area contributed by atoms with E-state index in [4.69, 9.17) is 4.55 Å². The van der Waals surface area contributed by atoms with Crippen LogP contribution in [0.15, 0.2) is 28.0 Å². The molecule has 15 nitrogen and oxygen atoms in total. The molecule has 0 aliphatic heterocycles. The van der Waals surface area contributed by atoms with Gasteiger partial charge < -0.3 is 15.5 Å². The fraction of sp³-hybridized carbons (Fsp3) is 0.308. The first kappa shape index (κ1) is 24.8. The van der Waals surface area contributed by atoms with Crippen LogP contribution in [-0.2, 0) is 31.5 Å². The van der Waals surface area contributed by atoms with Gasteiger partial charge in [0, 0.05) is 27.2 Å². The average molecular weight is 498 g/mol. The molecule has 1 atom stereocenters. The van der Waals surface area contributed by atoms with Gasteiger partial charge in [-0.05, 0) is 18.2 Å². The smallest absolute Gasteiger partial charge is 0.296 e. The zero-order valence-corrected chi connectivity index (χ0v) is 18.5. The number of nitrogens with zero attached hydrogens (tertiary/aromatic N) is 4. The molecule has 0 radical (unpaired) electrons. The van der Waals surface area contributed by atoms with Crippen molar-refractivity contribution in [3.05, 3.63) is 18.2 Å². The van der Waals surface area contributed by atoms with Crippen molar-refractivity contribution in [1.82, 2.24) is 19.7 Å². The van der Waals surface area contributed by atoms with E-state index >= 15 is 0 Å². The van der Waals surface area contributed by atoms with E-state index < -0.39 is 47.0 Å². The van der Waals surface area contributed by atoms with E-state index in [9.17, 15) is 30.1 Å². The Morgan fingerprint density at radius 2 is 1.65 bits per heavy atom. The SMILES string of the molecule is CN(C)c1nc(NCCNS(=O)O)nc(Nc2cc(S(=O)(=O)O)ccc2S(=O)(=O)O)n1. The van der Waals surface area contributed by atoms with Gasteiger partial charge in [0.25, 0.3) is 20.2 Å². The molecule has 1 aromatic carbocycles. The minimum Gasteiger partial charge on any atom is -0.353 e.